The molecule has 0 atom stereocenters. The third kappa shape index (κ3) is 3.85. The summed E-state index contributed by atoms with van der Waals surface area (Å²) in [5, 5.41) is 23.0. The predicted octanol–water partition coefficient (Wildman–Crippen LogP) is 3.73. The number of phenols is 1. The monoisotopic (exact) mass is 393 g/mol. The van der Waals surface area contributed by atoms with E-state index in [9.17, 15) is 9.90 Å². The number of tetrazole rings is 1. The first-order valence-electron chi connectivity index (χ1n) is 9.47. The Bertz CT molecular complexity index is 1070. The van der Waals surface area contributed by atoms with Crippen LogP contribution in [0.25, 0.3) is 17.1 Å². The van der Waals surface area contributed by atoms with Gasteiger partial charge in [-0.1, -0.05) is 53.7 Å². The summed E-state index contributed by atoms with van der Waals surface area (Å²) in [5.41, 5.74) is 8.52. The molecule has 3 N–H and O–H groups in total. The lowest BCUT2D eigenvalue weighted by atomic mass is 9.74. The number of hydrogen-bond acceptors (Lipinski definition) is 5. The first-order chi connectivity index (χ1) is 13.4. The highest BCUT2D eigenvalue weighted by molar-refractivity contribution is 5.93. The molecule has 1 heterocycles. The van der Waals surface area contributed by atoms with E-state index in [1.165, 1.54) is 0 Å². The van der Waals surface area contributed by atoms with Crippen LogP contribution >= 0.6 is 0 Å². The second kappa shape index (κ2) is 6.99. The molecule has 7 heteroatoms. The topological polar surface area (TPSA) is 107 Å². The second-order valence-corrected chi connectivity index (χ2v) is 9.21. The summed E-state index contributed by atoms with van der Waals surface area (Å²) in [7, 11) is 0. The molecule has 152 valence electrons. The van der Waals surface area contributed by atoms with Crippen molar-refractivity contribution in [3.63, 3.8) is 0 Å². The van der Waals surface area contributed by atoms with Crippen molar-refractivity contribution in [1.82, 2.24) is 20.2 Å². The molecule has 0 radical (unpaired) electrons. The van der Waals surface area contributed by atoms with E-state index in [0.717, 1.165) is 16.8 Å². The molecule has 3 rings (SSSR count). The van der Waals surface area contributed by atoms with Gasteiger partial charge in [0.15, 0.2) is 5.82 Å². The Hall–Kier alpha value is -3.22. The van der Waals surface area contributed by atoms with E-state index < -0.39 is 5.91 Å². The molecule has 0 saturated heterocycles. The number of amides is 1. The Kier molecular flexibility index (Phi) is 4.94. The number of hydrogen-bond donors (Lipinski definition) is 2. The molecule has 29 heavy (non-hydrogen) atoms. The normalized spacial score (nSPS) is 12.2. The standard InChI is InChI=1S/C22H27N5O2/c1-21(2,3)17-15(10-11-16(28)18(17)22(4,5)6)27-20(24-25-26-27)14-9-7-8-13(12-14)19(23)29/h7-12,28H,1-6H3,(H2,23,29). The first kappa shape index (κ1) is 20.5. The van der Waals surface area contributed by atoms with Crippen LogP contribution in [-0.4, -0.2) is 31.2 Å². The maximum atomic E-state index is 11.6. The lowest BCUT2D eigenvalue weighted by Gasteiger charge is -2.32. The zero-order valence-corrected chi connectivity index (χ0v) is 17.7. The van der Waals surface area contributed by atoms with Crippen LogP contribution in [-0.2, 0) is 10.8 Å². The van der Waals surface area contributed by atoms with Crippen LogP contribution in [0.5, 0.6) is 5.75 Å². The van der Waals surface area contributed by atoms with Crippen LogP contribution in [0, 0.1) is 0 Å². The number of nitrogens with zero attached hydrogens (tertiary/aromatic N) is 4. The highest BCUT2D eigenvalue weighted by Gasteiger charge is 2.32. The van der Waals surface area contributed by atoms with Crippen molar-refractivity contribution in [3.8, 4) is 22.8 Å². The van der Waals surface area contributed by atoms with Crippen LogP contribution in [0.1, 0.15) is 63.0 Å². The highest BCUT2D eigenvalue weighted by atomic mass is 16.3. The van der Waals surface area contributed by atoms with Gasteiger partial charge in [-0.05, 0) is 51.1 Å². The molecule has 0 aliphatic rings. The highest BCUT2D eigenvalue weighted by Crippen LogP contribution is 2.43. The molecule has 3 aromatic rings. The zero-order valence-electron chi connectivity index (χ0n) is 17.7. The quantitative estimate of drug-likeness (QED) is 0.705. The third-order valence-electron chi connectivity index (χ3n) is 4.76. The van der Waals surface area contributed by atoms with Gasteiger partial charge < -0.3 is 10.8 Å². The van der Waals surface area contributed by atoms with E-state index in [4.69, 9.17) is 5.73 Å². The number of aromatic nitrogens is 4. The van der Waals surface area contributed by atoms with Crippen molar-refractivity contribution in [2.45, 2.75) is 52.4 Å². The fraction of sp³-hybridized carbons (Fsp3) is 0.364. The molecule has 0 aliphatic heterocycles. The smallest absolute Gasteiger partial charge is 0.248 e. The molecular weight excluding hydrogens is 366 g/mol. The fourth-order valence-electron chi connectivity index (χ4n) is 3.62. The van der Waals surface area contributed by atoms with Gasteiger partial charge in [0.05, 0.1) is 5.69 Å². The number of carbonyl (C=O) groups excluding carboxylic acids is 1. The molecule has 0 bridgehead atoms. The summed E-state index contributed by atoms with van der Waals surface area (Å²) in [6, 6.07) is 10.4. The summed E-state index contributed by atoms with van der Waals surface area (Å²) in [5.74, 6) is 0.224. The van der Waals surface area contributed by atoms with E-state index in [2.05, 4.69) is 57.1 Å². The molecule has 0 aliphatic carbocycles. The summed E-state index contributed by atoms with van der Waals surface area (Å²) in [4.78, 5) is 11.6. The van der Waals surface area contributed by atoms with Crippen molar-refractivity contribution in [3.05, 3.63) is 53.1 Å². The van der Waals surface area contributed by atoms with Crippen LogP contribution in [0.2, 0.25) is 0 Å². The Morgan fingerprint density at radius 2 is 1.66 bits per heavy atom. The van der Waals surface area contributed by atoms with Crippen molar-refractivity contribution in [1.29, 1.82) is 0 Å². The minimum atomic E-state index is -0.513. The van der Waals surface area contributed by atoms with E-state index in [1.807, 2.05) is 12.1 Å². The summed E-state index contributed by atoms with van der Waals surface area (Å²) >= 11 is 0. The lowest BCUT2D eigenvalue weighted by Crippen LogP contribution is -2.25. The molecule has 1 amide bonds. The van der Waals surface area contributed by atoms with E-state index in [0.29, 0.717) is 17.0 Å². The van der Waals surface area contributed by atoms with Gasteiger partial charge in [0.25, 0.3) is 0 Å². The molecule has 0 fully saturated rings. The van der Waals surface area contributed by atoms with E-state index in [-0.39, 0.29) is 16.6 Å². The van der Waals surface area contributed by atoms with Gasteiger partial charge in [-0.25, -0.2) is 0 Å². The largest absolute Gasteiger partial charge is 0.508 e. The van der Waals surface area contributed by atoms with Crippen LogP contribution in [0.4, 0.5) is 0 Å². The number of phenolic OH excluding ortho intramolecular Hbond substituents is 1. The van der Waals surface area contributed by atoms with E-state index in [1.54, 1.807) is 28.9 Å². The third-order valence-corrected chi connectivity index (χ3v) is 4.76. The number of carbonyl (C=O) groups is 1. The molecular formula is C22H27N5O2. The maximum Gasteiger partial charge on any atom is 0.248 e. The van der Waals surface area contributed by atoms with Gasteiger partial charge in [0.2, 0.25) is 5.91 Å². The SMILES string of the molecule is CC(C)(C)c1c(O)ccc(-n2nnnc2-c2cccc(C(N)=O)c2)c1C(C)(C)C. The molecule has 0 spiro atoms. The Morgan fingerprint density at radius 3 is 2.24 bits per heavy atom. The average molecular weight is 393 g/mol. The van der Waals surface area contributed by atoms with Gasteiger partial charge in [-0.15, -0.1) is 5.10 Å². The molecule has 1 aromatic heterocycles. The van der Waals surface area contributed by atoms with Crippen molar-refractivity contribution in [2.75, 3.05) is 0 Å². The predicted molar refractivity (Wildman–Crippen MR) is 112 cm³/mol. The summed E-state index contributed by atoms with van der Waals surface area (Å²) in [6.45, 7) is 12.5. The first-order valence-corrected chi connectivity index (χ1v) is 9.47. The number of nitrogens with two attached hydrogens (primary N) is 1. The van der Waals surface area contributed by atoms with Crippen LogP contribution < -0.4 is 5.73 Å². The Labute approximate surface area is 170 Å². The molecule has 7 nitrogen and oxygen atoms in total. The van der Waals surface area contributed by atoms with Gasteiger partial charge >= 0.3 is 0 Å². The number of aromatic hydroxyl groups is 1. The van der Waals surface area contributed by atoms with Crippen LogP contribution in [0.3, 0.4) is 0 Å². The summed E-state index contributed by atoms with van der Waals surface area (Å²) < 4.78 is 1.65. The Balaban J connectivity index is 2.31. The molecule has 0 saturated carbocycles. The van der Waals surface area contributed by atoms with Gasteiger partial charge in [-0.2, -0.15) is 4.68 Å². The van der Waals surface area contributed by atoms with Crippen molar-refractivity contribution < 1.29 is 9.90 Å². The van der Waals surface area contributed by atoms with Crippen LogP contribution in [0.15, 0.2) is 36.4 Å². The van der Waals surface area contributed by atoms with Gasteiger partial charge in [-0.3, -0.25) is 4.79 Å². The lowest BCUT2D eigenvalue weighted by molar-refractivity contribution is 0.100. The van der Waals surface area contributed by atoms with E-state index >= 15 is 0 Å². The number of primary amides is 1. The number of benzene rings is 2. The molecule has 0 unspecified atom stereocenters. The minimum absolute atomic E-state index is 0.247. The average Bonchev–Trinajstić information content (AvgIpc) is 3.09. The molecule has 2 aromatic carbocycles. The Morgan fingerprint density at radius 1 is 1.00 bits per heavy atom. The number of rotatable bonds is 3. The van der Waals surface area contributed by atoms with Gasteiger partial charge in [0.1, 0.15) is 5.75 Å². The van der Waals surface area contributed by atoms with Crippen molar-refractivity contribution in [2.24, 2.45) is 5.73 Å². The minimum Gasteiger partial charge on any atom is -0.508 e. The summed E-state index contributed by atoms with van der Waals surface area (Å²) in [6.07, 6.45) is 0. The fourth-order valence-corrected chi connectivity index (χ4v) is 3.62. The maximum absolute atomic E-state index is 11.6. The zero-order chi connectivity index (χ0) is 21.6. The van der Waals surface area contributed by atoms with Gasteiger partial charge in [0, 0.05) is 16.7 Å². The van der Waals surface area contributed by atoms with Crippen molar-refractivity contribution >= 4 is 5.91 Å². The second-order valence-electron chi connectivity index (χ2n) is 9.21.